The number of nitrogens with one attached hydrogen (secondary N) is 1. The van der Waals surface area contributed by atoms with Crippen LogP contribution in [0.5, 0.6) is 0 Å². The SMILES string of the molecule is O=C(N/N=C/c1ccc([N+](=O)[O-])o1)C12CC3CC(CC(C3)C1)C2. The lowest BCUT2D eigenvalue weighted by atomic mass is 9.49. The number of hydrogen-bond acceptors (Lipinski definition) is 5. The maximum Gasteiger partial charge on any atom is 0.433 e. The highest BCUT2D eigenvalue weighted by Crippen LogP contribution is 2.60. The van der Waals surface area contributed by atoms with Crippen LogP contribution in [0, 0.1) is 33.3 Å². The lowest BCUT2D eigenvalue weighted by Crippen LogP contribution is -2.52. The summed E-state index contributed by atoms with van der Waals surface area (Å²) in [4.78, 5) is 22.6. The molecule has 4 saturated carbocycles. The number of hydrazone groups is 1. The van der Waals surface area contributed by atoms with Crippen LogP contribution in [0.15, 0.2) is 21.7 Å². The number of hydrogen-bond donors (Lipinski definition) is 1. The van der Waals surface area contributed by atoms with Gasteiger partial charge in [0.1, 0.15) is 4.92 Å². The molecule has 23 heavy (non-hydrogen) atoms. The quantitative estimate of drug-likeness (QED) is 0.524. The summed E-state index contributed by atoms with van der Waals surface area (Å²) in [6, 6.07) is 2.72. The van der Waals surface area contributed by atoms with Crippen molar-refractivity contribution in [1.29, 1.82) is 0 Å². The van der Waals surface area contributed by atoms with Gasteiger partial charge in [0.15, 0.2) is 5.76 Å². The largest absolute Gasteiger partial charge is 0.433 e. The first-order valence-electron chi connectivity index (χ1n) is 8.12. The second-order valence-electron chi connectivity index (χ2n) is 7.33. The summed E-state index contributed by atoms with van der Waals surface area (Å²) in [6.07, 6.45) is 8.10. The van der Waals surface area contributed by atoms with E-state index < -0.39 is 4.92 Å². The molecule has 0 spiro atoms. The zero-order valence-electron chi connectivity index (χ0n) is 12.7. The first-order valence-corrected chi connectivity index (χ1v) is 8.12. The van der Waals surface area contributed by atoms with E-state index in [0.29, 0.717) is 17.8 Å². The van der Waals surface area contributed by atoms with Crippen LogP contribution in [0.4, 0.5) is 5.88 Å². The van der Waals surface area contributed by atoms with Gasteiger partial charge in [0.25, 0.3) is 0 Å². The molecule has 1 amide bonds. The zero-order valence-corrected chi connectivity index (χ0v) is 12.7. The fourth-order valence-corrected chi connectivity index (χ4v) is 5.17. The number of nitrogens with zero attached hydrogens (tertiary/aromatic N) is 2. The molecule has 5 rings (SSSR count). The van der Waals surface area contributed by atoms with Crippen LogP contribution in [0.1, 0.15) is 44.3 Å². The third kappa shape index (κ3) is 2.54. The van der Waals surface area contributed by atoms with Crippen molar-refractivity contribution in [2.45, 2.75) is 38.5 Å². The highest BCUT2D eigenvalue weighted by molar-refractivity contribution is 5.85. The summed E-state index contributed by atoms with van der Waals surface area (Å²) in [5.74, 6) is 2.01. The Kier molecular flexibility index (Phi) is 3.25. The average molecular weight is 317 g/mol. The second kappa shape index (κ2) is 5.18. The maximum absolute atomic E-state index is 12.6. The van der Waals surface area contributed by atoms with E-state index in [4.69, 9.17) is 4.42 Å². The Morgan fingerprint density at radius 2 is 1.87 bits per heavy atom. The van der Waals surface area contributed by atoms with E-state index >= 15 is 0 Å². The van der Waals surface area contributed by atoms with E-state index in [1.807, 2.05) is 0 Å². The molecule has 1 heterocycles. The average Bonchev–Trinajstić information content (AvgIpc) is 2.95. The summed E-state index contributed by atoms with van der Waals surface area (Å²) in [7, 11) is 0. The minimum Gasteiger partial charge on any atom is -0.400 e. The molecule has 0 aromatic carbocycles. The standard InChI is InChI=1S/C16H19N3O4/c20-15(18-17-9-13-1-2-14(23-13)19(21)22)16-6-10-3-11(7-16)5-12(4-10)8-16/h1-2,9-12H,3-8H2,(H,18,20)/b17-9+. The highest BCUT2D eigenvalue weighted by atomic mass is 16.6. The van der Waals surface area contributed by atoms with E-state index in [9.17, 15) is 14.9 Å². The molecule has 7 nitrogen and oxygen atoms in total. The van der Waals surface area contributed by atoms with Crippen molar-refractivity contribution in [3.05, 3.63) is 28.0 Å². The molecule has 7 heteroatoms. The Bertz CT molecular complexity index is 643. The molecule has 0 radical (unpaired) electrons. The van der Waals surface area contributed by atoms with Gasteiger partial charge in [-0.15, -0.1) is 0 Å². The summed E-state index contributed by atoms with van der Waals surface area (Å²) >= 11 is 0. The van der Waals surface area contributed by atoms with Gasteiger partial charge in [-0.2, -0.15) is 5.10 Å². The number of furan rings is 1. The van der Waals surface area contributed by atoms with Gasteiger partial charge in [0.05, 0.1) is 17.7 Å². The molecule has 0 unspecified atom stereocenters. The number of amides is 1. The third-order valence-corrected chi connectivity index (χ3v) is 5.67. The minimum atomic E-state index is -0.606. The molecule has 4 aliphatic carbocycles. The van der Waals surface area contributed by atoms with Crippen molar-refractivity contribution in [3.63, 3.8) is 0 Å². The Morgan fingerprint density at radius 1 is 1.26 bits per heavy atom. The molecular weight excluding hydrogens is 298 g/mol. The lowest BCUT2D eigenvalue weighted by Gasteiger charge is -2.55. The van der Waals surface area contributed by atoms with Gasteiger partial charge in [0.2, 0.25) is 5.91 Å². The normalized spacial score (nSPS) is 34.9. The van der Waals surface area contributed by atoms with Crippen molar-refractivity contribution in [2.75, 3.05) is 0 Å². The Labute approximate surface area is 133 Å². The molecule has 0 aliphatic heterocycles. The van der Waals surface area contributed by atoms with Crippen LogP contribution >= 0.6 is 0 Å². The van der Waals surface area contributed by atoms with Crippen molar-refractivity contribution in [3.8, 4) is 0 Å². The first-order chi connectivity index (χ1) is 11.0. The van der Waals surface area contributed by atoms with Crippen molar-refractivity contribution in [2.24, 2.45) is 28.3 Å². The van der Waals surface area contributed by atoms with Crippen LogP contribution < -0.4 is 5.43 Å². The predicted molar refractivity (Wildman–Crippen MR) is 81.7 cm³/mol. The van der Waals surface area contributed by atoms with Crippen LogP contribution in [0.2, 0.25) is 0 Å². The number of carbonyl (C=O) groups excluding carboxylic acids is 1. The van der Waals surface area contributed by atoms with Gasteiger partial charge in [-0.25, -0.2) is 5.43 Å². The lowest BCUT2D eigenvalue weighted by molar-refractivity contribution is -0.402. The number of carbonyl (C=O) groups is 1. The molecular formula is C16H19N3O4. The fraction of sp³-hybridized carbons (Fsp3) is 0.625. The summed E-state index contributed by atoms with van der Waals surface area (Å²) in [6.45, 7) is 0. The molecule has 1 aromatic heterocycles. The maximum atomic E-state index is 12.6. The second-order valence-corrected chi connectivity index (χ2v) is 7.33. The molecule has 4 fully saturated rings. The summed E-state index contributed by atoms with van der Waals surface area (Å²) < 4.78 is 4.98. The monoisotopic (exact) mass is 317 g/mol. The van der Waals surface area contributed by atoms with Crippen molar-refractivity contribution < 1.29 is 14.1 Å². The molecule has 4 bridgehead atoms. The molecule has 122 valence electrons. The van der Waals surface area contributed by atoms with E-state index in [0.717, 1.165) is 19.3 Å². The number of rotatable bonds is 4. The van der Waals surface area contributed by atoms with Gasteiger partial charge in [-0.05, 0) is 62.3 Å². The van der Waals surface area contributed by atoms with Crippen molar-refractivity contribution in [1.82, 2.24) is 5.43 Å². The molecule has 0 atom stereocenters. The molecule has 0 saturated heterocycles. The smallest absolute Gasteiger partial charge is 0.400 e. The van der Waals surface area contributed by atoms with Crippen molar-refractivity contribution >= 4 is 18.0 Å². The van der Waals surface area contributed by atoms with Crippen LogP contribution in [-0.2, 0) is 4.79 Å². The van der Waals surface area contributed by atoms with Gasteiger partial charge < -0.3 is 4.42 Å². The van der Waals surface area contributed by atoms with E-state index in [2.05, 4.69) is 10.5 Å². The van der Waals surface area contributed by atoms with Gasteiger partial charge in [-0.1, -0.05) is 0 Å². The summed E-state index contributed by atoms with van der Waals surface area (Å²) in [5, 5.41) is 14.5. The Hall–Kier alpha value is -2.18. The van der Waals surface area contributed by atoms with Crippen LogP contribution in [0.3, 0.4) is 0 Å². The fourth-order valence-electron chi connectivity index (χ4n) is 5.17. The Balaban J connectivity index is 1.42. The van der Waals surface area contributed by atoms with Gasteiger partial charge in [-0.3, -0.25) is 14.9 Å². The molecule has 1 aromatic rings. The van der Waals surface area contributed by atoms with E-state index in [1.165, 1.54) is 37.6 Å². The summed E-state index contributed by atoms with van der Waals surface area (Å²) in [5.41, 5.74) is 2.38. The minimum absolute atomic E-state index is 0.00564. The van der Waals surface area contributed by atoms with Gasteiger partial charge in [0, 0.05) is 0 Å². The topological polar surface area (TPSA) is 97.7 Å². The highest BCUT2D eigenvalue weighted by Gasteiger charge is 2.54. The van der Waals surface area contributed by atoms with E-state index in [1.54, 1.807) is 0 Å². The zero-order chi connectivity index (χ0) is 16.0. The molecule has 4 aliphatic rings. The molecule has 1 N–H and O–H groups in total. The predicted octanol–water partition coefficient (Wildman–Crippen LogP) is 2.85. The van der Waals surface area contributed by atoms with Crippen LogP contribution in [-0.4, -0.2) is 17.0 Å². The third-order valence-electron chi connectivity index (χ3n) is 5.67. The Morgan fingerprint density at radius 3 is 2.39 bits per heavy atom. The van der Waals surface area contributed by atoms with E-state index in [-0.39, 0.29) is 23.0 Å². The van der Waals surface area contributed by atoms with Gasteiger partial charge >= 0.3 is 5.88 Å². The first kappa shape index (κ1) is 14.4. The van der Waals surface area contributed by atoms with Crippen LogP contribution in [0.25, 0.3) is 0 Å². The number of nitro groups is 1.